The number of hydrogen-bond acceptors (Lipinski definition) is 5. The molecule has 0 aromatic carbocycles. The fourth-order valence-corrected chi connectivity index (χ4v) is 4.43. The molecule has 2 heterocycles. The van der Waals surface area contributed by atoms with Gasteiger partial charge in [-0.05, 0) is 5.92 Å². The lowest BCUT2D eigenvalue weighted by atomic mass is 10.1. The molecule has 0 amide bonds. The van der Waals surface area contributed by atoms with Crippen LogP contribution >= 0.6 is 23.5 Å². The van der Waals surface area contributed by atoms with Crippen molar-refractivity contribution in [3.8, 4) is 5.88 Å². The van der Waals surface area contributed by atoms with Gasteiger partial charge in [0.2, 0.25) is 5.88 Å². The molecular formula is C11H16N2O2S2. The zero-order chi connectivity index (χ0) is 12.4. The normalized spacial score (nSPS) is 20.8. The highest BCUT2D eigenvalue weighted by molar-refractivity contribution is 8.06. The molecule has 94 valence electrons. The van der Waals surface area contributed by atoms with Gasteiger partial charge in [0.15, 0.2) is 0 Å². The second kappa shape index (κ2) is 5.35. The van der Waals surface area contributed by atoms with Gasteiger partial charge in [-0.2, -0.15) is 16.7 Å². The summed E-state index contributed by atoms with van der Waals surface area (Å²) < 4.78 is 0. The van der Waals surface area contributed by atoms with Crippen LogP contribution in [-0.4, -0.2) is 32.3 Å². The Bertz CT molecular complexity index is 453. The Morgan fingerprint density at radius 3 is 2.76 bits per heavy atom. The van der Waals surface area contributed by atoms with Gasteiger partial charge < -0.3 is 10.1 Å². The molecule has 0 radical (unpaired) electrons. The summed E-state index contributed by atoms with van der Waals surface area (Å²) in [6.07, 6.45) is 0. The van der Waals surface area contributed by atoms with Crippen LogP contribution in [0, 0.1) is 0 Å². The largest absolute Gasteiger partial charge is 0.493 e. The molecule has 17 heavy (non-hydrogen) atoms. The molecule has 2 rings (SSSR count). The van der Waals surface area contributed by atoms with Crippen molar-refractivity contribution in [1.82, 2.24) is 9.97 Å². The third kappa shape index (κ3) is 2.80. The van der Waals surface area contributed by atoms with Gasteiger partial charge in [-0.15, -0.1) is 11.8 Å². The van der Waals surface area contributed by atoms with Crippen LogP contribution in [0.3, 0.4) is 0 Å². The Labute approximate surface area is 109 Å². The van der Waals surface area contributed by atoms with E-state index in [2.05, 4.69) is 9.97 Å². The van der Waals surface area contributed by atoms with Crippen LogP contribution in [0.25, 0.3) is 0 Å². The number of aromatic amines is 1. The molecular weight excluding hydrogens is 256 g/mol. The van der Waals surface area contributed by atoms with Gasteiger partial charge in [0.05, 0.1) is 10.8 Å². The van der Waals surface area contributed by atoms with Crippen molar-refractivity contribution in [1.29, 1.82) is 0 Å². The lowest BCUT2D eigenvalue weighted by molar-refractivity contribution is 0.436. The van der Waals surface area contributed by atoms with Crippen molar-refractivity contribution in [3.05, 3.63) is 21.7 Å². The summed E-state index contributed by atoms with van der Waals surface area (Å²) in [6.45, 7) is 3.74. The number of nitrogens with one attached hydrogen (secondary N) is 1. The maximum atomic E-state index is 11.9. The van der Waals surface area contributed by atoms with Crippen LogP contribution in [0.4, 0.5) is 0 Å². The molecule has 0 saturated carbocycles. The molecule has 0 aliphatic carbocycles. The van der Waals surface area contributed by atoms with Gasteiger partial charge in [0.25, 0.3) is 5.56 Å². The second-order valence-corrected chi connectivity index (χ2v) is 6.74. The van der Waals surface area contributed by atoms with Gasteiger partial charge in [-0.25, -0.2) is 0 Å². The van der Waals surface area contributed by atoms with E-state index < -0.39 is 0 Å². The average Bonchev–Trinajstić information content (AvgIpc) is 2.28. The lowest BCUT2D eigenvalue weighted by Gasteiger charge is -2.20. The first-order valence-corrected chi connectivity index (χ1v) is 7.82. The van der Waals surface area contributed by atoms with Crippen LogP contribution in [0.15, 0.2) is 4.79 Å². The molecule has 1 atom stereocenters. The van der Waals surface area contributed by atoms with Crippen LogP contribution < -0.4 is 5.56 Å². The minimum atomic E-state index is -0.210. The molecule has 1 aliphatic heterocycles. The third-order valence-corrected chi connectivity index (χ3v) is 5.42. The first-order valence-electron chi connectivity index (χ1n) is 5.62. The number of aromatic hydroxyl groups is 1. The van der Waals surface area contributed by atoms with Gasteiger partial charge in [-0.3, -0.25) is 4.79 Å². The van der Waals surface area contributed by atoms with Crippen molar-refractivity contribution in [2.45, 2.75) is 25.0 Å². The number of thioether (sulfide) groups is 2. The van der Waals surface area contributed by atoms with E-state index >= 15 is 0 Å². The third-order valence-electron chi connectivity index (χ3n) is 2.65. The molecule has 2 N–H and O–H groups in total. The number of aromatic nitrogens is 2. The SMILES string of the molecule is CC(C)c1c(O)nc(C2CSCCS2)[nH]c1=O. The van der Waals surface area contributed by atoms with Crippen LogP contribution in [-0.2, 0) is 0 Å². The number of H-pyrrole nitrogens is 1. The Morgan fingerprint density at radius 1 is 1.47 bits per heavy atom. The summed E-state index contributed by atoms with van der Waals surface area (Å²) in [6, 6.07) is 0. The summed E-state index contributed by atoms with van der Waals surface area (Å²) in [5.74, 6) is 3.61. The van der Waals surface area contributed by atoms with E-state index in [1.54, 1.807) is 11.8 Å². The lowest BCUT2D eigenvalue weighted by Crippen LogP contribution is -2.20. The molecule has 6 heteroatoms. The van der Waals surface area contributed by atoms with E-state index in [-0.39, 0.29) is 22.6 Å². The maximum absolute atomic E-state index is 11.9. The zero-order valence-corrected chi connectivity index (χ0v) is 11.5. The highest BCUT2D eigenvalue weighted by atomic mass is 32.2. The van der Waals surface area contributed by atoms with Crippen LogP contribution in [0.1, 0.15) is 36.4 Å². The van der Waals surface area contributed by atoms with E-state index in [0.29, 0.717) is 11.4 Å². The molecule has 1 saturated heterocycles. The first-order chi connectivity index (χ1) is 8.09. The van der Waals surface area contributed by atoms with Gasteiger partial charge in [0.1, 0.15) is 5.82 Å². The summed E-state index contributed by atoms with van der Waals surface area (Å²) in [4.78, 5) is 18.8. The zero-order valence-electron chi connectivity index (χ0n) is 9.90. The van der Waals surface area contributed by atoms with Crippen molar-refractivity contribution in [3.63, 3.8) is 0 Å². The molecule has 1 fully saturated rings. The number of rotatable bonds is 2. The van der Waals surface area contributed by atoms with Crippen LogP contribution in [0.5, 0.6) is 5.88 Å². The Hall–Kier alpha value is -0.620. The molecule has 0 bridgehead atoms. The van der Waals surface area contributed by atoms with Gasteiger partial charge in [-0.1, -0.05) is 13.8 Å². The summed E-state index contributed by atoms with van der Waals surface area (Å²) >= 11 is 3.64. The predicted molar refractivity (Wildman–Crippen MR) is 73.1 cm³/mol. The Balaban J connectivity index is 2.34. The predicted octanol–water partition coefficient (Wildman–Crippen LogP) is 2.12. The highest BCUT2D eigenvalue weighted by Gasteiger charge is 2.22. The molecule has 0 spiro atoms. The summed E-state index contributed by atoms with van der Waals surface area (Å²) in [5, 5.41) is 10.0. The van der Waals surface area contributed by atoms with Crippen molar-refractivity contribution in [2.24, 2.45) is 0 Å². The summed E-state index contributed by atoms with van der Waals surface area (Å²) in [7, 11) is 0. The second-order valence-electron chi connectivity index (χ2n) is 4.28. The fourth-order valence-electron chi connectivity index (χ4n) is 1.81. The van der Waals surface area contributed by atoms with E-state index in [1.165, 1.54) is 0 Å². The standard InChI is InChI=1S/C11H16N2O2S2/c1-6(2)8-10(14)12-9(13-11(8)15)7-5-16-3-4-17-7/h6-7H,3-5H2,1-2H3,(H2,12,13,14,15). The Morgan fingerprint density at radius 2 is 2.24 bits per heavy atom. The molecule has 1 aromatic heterocycles. The molecule has 1 aliphatic rings. The smallest absolute Gasteiger partial charge is 0.258 e. The van der Waals surface area contributed by atoms with Crippen LogP contribution in [0.2, 0.25) is 0 Å². The van der Waals surface area contributed by atoms with Gasteiger partial charge >= 0.3 is 0 Å². The Kier molecular flexibility index (Phi) is 4.04. The molecule has 4 nitrogen and oxygen atoms in total. The minimum Gasteiger partial charge on any atom is -0.493 e. The topological polar surface area (TPSA) is 66.0 Å². The fraction of sp³-hybridized carbons (Fsp3) is 0.636. The van der Waals surface area contributed by atoms with Crippen molar-refractivity contribution < 1.29 is 5.11 Å². The quantitative estimate of drug-likeness (QED) is 0.863. The maximum Gasteiger partial charge on any atom is 0.258 e. The average molecular weight is 272 g/mol. The summed E-state index contributed by atoms with van der Waals surface area (Å²) in [5.41, 5.74) is 0.167. The molecule has 1 unspecified atom stereocenters. The molecule has 1 aromatic rings. The van der Waals surface area contributed by atoms with E-state index in [1.807, 2.05) is 25.6 Å². The van der Waals surface area contributed by atoms with E-state index in [4.69, 9.17) is 0 Å². The van der Waals surface area contributed by atoms with Crippen molar-refractivity contribution in [2.75, 3.05) is 17.3 Å². The van der Waals surface area contributed by atoms with Crippen molar-refractivity contribution >= 4 is 23.5 Å². The first kappa shape index (κ1) is 12.8. The number of nitrogens with zero attached hydrogens (tertiary/aromatic N) is 1. The van der Waals surface area contributed by atoms with Gasteiger partial charge in [0, 0.05) is 17.3 Å². The monoisotopic (exact) mass is 272 g/mol. The highest BCUT2D eigenvalue weighted by Crippen LogP contribution is 2.35. The van der Waals surface area contributed by atoms with E-state index in [0.717, 1.165) is 17.3 Å². The number of hydrogen-bond donors (Lipinski definition) is 2. The minimum absolute atomic E-state index is 0.0197. The van der Waals surface area contributed by atoms with E-state index in [9.17, 15) is 9.90 Å².